The van der Waals surface area contributed by atoms with Crippen molar-refractivity contribution in [3.8, 4) is 5.75 Å². The molecular formula is C14H19NO3. The minimum absolute atomic E-state index is 0.501. The van der Waals surface area contributed by atoms with Crippen LogP contribution in [0.2, 0.25) is 0 Å². The summed E-state index contributed by atoms with van der Waals surface area (Å²) in [5.41, 5.74) is 0.0493. The molecule has 1 rings (SSSR count). The van der Waals surface area contributed by atoms with Gasteiger partial charge in [0.1, 0.15) is 11.4 Å². The Hall–Kier alpha value is -1.97. The molecule has 0 aliphatic heterocycles. The van der Waals surface area contributed by atoms with Crippen LogP contribution in [0.5, 0.6) is 5.75 Å². The summed E-state index contributed by atoms with van der Waals surface area (Å²) in [6.07, 6.45) is 2.82. The molecule has 1 aromatic rings. The SMILES string of the molecule is C/C=C/Oc1ccccc1NC(=O)OC(C)(C)C. The Morgan fingerprint density at radius 3 is 2.56 bits per heavy atom. The maximum atomic E-state index is 11.6. The van der Waals surface area contributed by atoms with Crippen molar-refractivity contribution < 1.29 is 14.3 Å². The molecule has 0 fully saturated rings. The molecule has 0 saturated carbocycles. The lowest BCUT2D eigenvalue weighted by Gasteiger charge is -2.20. The van der Waals surface area contributed by atoms with E-state index in [1.165, 1.54) is 0 Å². The first-order valence-corrected chi connectivity index (χ1v) is 5.79. The number of amides is 1. The van der Waals surface area contributed by atoms with Crippen LogP contribution >= 0.6 is 0 Å². The van der Waals surface area contributed by atoms with Crippen LogP contribution in [-0.4, -0.2) is 11.7 Å². The Kier molecular flexibility index (Phi) is 4.77. The highest BCUT2D eigenvalue weighted by atomic mass is 16.6. The number of allylic oxidation sites excluding steroid dienone is 1. The quantitative estimate of drug-likeness (QED) is 0.825. The fourth-order valence-corrected chi connectivity index (χ4v) is 1.23. The van der Waals surface area contributed by atoms with E-state index in [2.05, 4.69) is 5.32 Å². The monoisotopic (exact) mass is 249 g/mol. The van der Waals surface area contributed by atoms with Crippen molar-refractivity contribution in [3.63, 3.8) is 0 Å². The zero-order valence-corrected chi connectivity index (χ0v) is 11.2. The average molecular weight is 249 g/mol. The summed E-state index contributed by atoms with van der Waals surface area (Å²) in [5, 5.41) is 2.66. The molecule has 0 aromatic heterocycles. The fraction of sp³-hybridized carbons (Fsp3) is 0.357. The molecule has 0 aliphatic rings. The number of para-hydroxylation sites is 2. The summed E-state index contributed by atoms with van der Waals surface area (Å²) >= 11 is 0. The maximum Gasteiger partial charge on any atom is 0.412 e. The third kappa shape index (κ3) is 4.91. The van der Waals surface area contributed by atoms with E-state index >= 15 is 0 Å². The van der Waals surface area contributed by atoms with Crippen LogP contribution in [-0.2, 0) is 4.74 Å². The van der Waals surface area contributed by atoms with Gasteiger partial charge in [-0.3, -0.25) is 5.32 Å². The Bertz CT molecular complexity index is 433. The molecule has 0 bridgehead atoms. The second kappa shape index (κ2) is 6.10. The predicted molar refractivity (Wildman–Crippen MR) is 71.7 cm³/mol. The van der Waals surface area contributed by atoms with Gasteiger partial charge in [0, 0.05) is 0 Å². The zero-order chi connectivity index (χ0) is 13.6. The largest absolute Gasteiger partial charge is 0.463 e. The highest BCUT2D eigenvalue weighted by Crippen LogP contribution is 2.24. The summed E-state index contributed by atoms with van der Waals surface area (Å²) in [6.45, 7) is 7.29. The normalized spacial score (nSPS) is 11.3. The van der Waals surface area contributed by atoms with Gasteiger partial charge in [-0.2, -0.15) is 0 Å². The number of hydrogen-bond acceptors (Lipinski definition) is 3. The van der Waals surface area contributed by atoms with E-state index in [0.717, 1.165) is 0 Å². The Labute approximate surface area is 108 Å². The van der Waals surface area contributed by atoms with Gasteiger partial charge < -0.3 is 9.47 Å². The van der Waals surface area contributed by atoms with Crippen molar-refractivity contribution in [1.82, 2.24) is 0 Å². The average Bonchev–Trinajstić information content (AvgIpc) is 2.25. The minimum atomic E-state index is -0.525. The smallest absolute Gasteiger partial charge is 0.412 e. The highest BCUT2D eigenvalue weighted by molar-refractivity contribution is 5.86. The van der Waals surface area contributed by atoms with Gasteiger partial charge in [-0.15, -0.1) is 0 Å². The Morgan fingerprint density at radius 2 is 1.94 bits per heavy atom. The van der Waals surface area contributed by atoms with Crippen molar-refractivity contribution in [2.45, 2.75) is 33.3 Å². The highest BCUT2D eigenvalue weighted by Gasteiger charge is 2.17. The van der Waals surface area contributed by atoms with Gasteiger partial charge in [0.15, 0.2) is 0 Å². The van der Waals surface area contributed by atoms with Gasteiger partial charge in [-0.25, -0.2) is 4.79 Å². The number of carbonyl (C=O) groups is 1. The number of anilines is 1. The van der Waals surface area contributed by atoms with Crippen LogP contribution in [0, 0.1) is 0 Å². The van der Waals surface area contributed by atoms with E-state index < -0.39 is 11.7 Å². The van der Waals surface area contributed by atoms with Crippen molar-refractivity contribution in [1.29, 1.82) is 0 Å². The third-order valence-electron chi connectivity index (χ3n) is 1.85. The standard InChI is InChI=1S/C14H19NO3/c1-5-10-17-12-9-7-6-8-11(12)15-13(16)18-14(2,3)4/h5-10H,1-4H3,(H,15,16)/b10-5+. The van der Waals surface area contributed by atoms with Gasteiger partial charge in [0.2, 0.25) is 0 Å². The molecule has 0 spiro atoms. The number of benzene rings is 1. The lowest BCUT2D eigenvalue weighted by molar-refractivity contribution is 0.0635. The van der Waals surface area contributed by atoms with E-state index in [4.69, 9.17) is 9.47 Å². The van der Waals surface area contributed by atoms with Gasteiger partial charge in [-0.1, -0.05) is 18.2 Å². The predicted octanol–water partition coefficient (Wildman–Crippen LogP) is 3.95. The van der Waals surface area contributed by atoms with Crippen LogP contribution in [0.15, 0.2) is 36.6 Å². The molecule has 0 atom stereocenters. The number of hydrogen-bond donors (Lipinski definition) is 1. The molecule has 1 N–H and O–H groups in total. The summed E-state index contributed by atoms with van der Waals surface area (Å²) in [4.78, 5) is 11.6. The number of carbonyl (C=O) groups excluding carboxylic acids is 1. The Balaban J connectivity index is 2.74. The van der Waals surface area contributed by atoms with Gasteiger partial charge in [0.25, 0.3) is 0 Å². The molecule has 4 nitrogen and oxygen atoms in total. The molecule has 0 heterocycles. The summed E-state index contributed by atoms with van der Waals surface area (Å²) in [7, 11) is 0. The molecule has 18 heavy (non-hydrogen) atoms. The van der Waals surface area contributed by atoms with E-state index in [1.807, 2.05) is 39.8 Å². The maximum absolute atomic E-state index is 11.6. The second-order valence-corrected chi connectivity index (χ2v) is 4.71. The molecule has 0 saturated heterocycles. The molecule has 0 radical (unpaired) electrons. The molecule has 1 amide bonds. The number of nitrogens with one attached hydrogen (secondary N) is 1. The molecule has 0 unspecified atom stereocenters. The lowest BCUT2D eigenvalue weighted by Crippen LogP contribution is -2.27. The summed E-state index contributed by atoms with van der Waals surface area (Å²) in [5.74, 6) is 0.571. The van der Waals surface area contributed by atoms with Crippen LogP contribution in [0.1, 0.15) is 27.7 Å². The first kappa shape index (κ1) is 14.1. The van der Waals surface area contributed by atoms with Crippen LogP contribution in [0.3, 0.4) is 0 Å². The molecule has 0 aliphatic carbocycles. The van der Waals surface area contributed by atoms with E-state index in [0.29, 0.717) is 11.4 Å². The van der Waals surface area contributed by atoms with Gasteiger partial charge in [-0.05, 0) is 39.8 Å². The van der Waals surface area contributed by atoms with Crippen molar-refractivity contribution in [3.05, 3.63) is 36.6 Å². The molecule has 98 valence electrons. The zero-order valence-electron chi connectivity index (χ0n) is 11.2. The van der Waals surface area contributed by atoms with Crippen LogP contribution in [0.4, 0.5) is 10.5 Å². The summed E-state index contributed by atoms with van der Waals surface area (Å²) in [6, 6.07) is 7.17. The fourth-order valence-electron chi connectivity index (χ4n) is 1.23. The third-order valence-corrected chi connectivity index (χ3v) is 1.85. The van der Waals surface area contributed by atoms with Gasteiger partial charge in [0.05, 0.1) is 11.9 Å². The first-order chi connectivity index (χ1) is 8.42. The van der Waals surface area contributed by atoms with E-state index in [-0.39, 0.29) is 0 Å². The topological polar surface area (TPSA) is 47.6 Å². The van der Waals surface area contributed by atoms with Crippen molar-refractivity contribution in [2.24, 2.45) is 0 Å². The first-order valence-electron chi connectivity index (χ1n) is 5.79. The lowest BCUT2D eigenvalue weighted by atomic mass is 10.2. The minimum Gasteiger partial charge on any atom is -0.463 e. The van der Waals surface area contributed by atoms with Gasteiger partial charge >= 0.3 is 6.09 Å². The van der Waals surface area contributed by atoms with Crippen LogP contribution in [0.25, 0.3) is 0 Å². The van der Waals surface area contributed by atoms with E-state index in [1.54, 1.807) is 24.5 Å². The summed E-state index contributed by atoms with van der Waals surface area (Å²) < 4.78 is 10.5. The van der Waals surface area contributed by atoms with Crippen LogP contribution < -0.4 is 10.1 Å². The number of ether oxygens (including phenoxy) is 2. The molecule has 1 aromatic carbocycles. The second-order valence-electron chi connectivity index (χ2n) is 4.71. The number of rotatable bonds is 3. The molecule has 4 heteroatoms. The molecular weight excluding hydrogens is 230 g/mol. The van der Waals surface area contributed by atoms with E-state index in [9.17, 15) is 4.79 Å². The van der Waals surface area contributed by atoms with Crippen molar-refractivity contribution in [2.75, 3.05) is 5.32 Å². The Morgan fingerprint density at radius 1 is 1.28 bits per heavy atom. The van der Waals surface area contributed by atoms with Crippen molar-refractivity contribution >= 4 is 11.8 Å².